The summed E-state index contributed by atoms with van der Waals surface area (Å²) in [5.74, 6) is 3.21. The highest BCUT2D eigenvalue weighted by atomic mass is 16.5. The predicted octanol–water partition coefficient (Wildman–Crippen LogP) is 4.33. The quantitative estimate of drug-likeness (QED) is 0.793. The average Bonchev–Trinajstić information content (AvgIpc) is 2.38. The van der Waals surface area contributed by atoms with Crippen LogP contribution in [0.5, 0.6) is 5.88 Å². The largest absolute Gasteiger partial charge is 0.481 e. The molecule has 2 rings (SSSR count). The topological polar surface area (TPSA) is 22.1 Å². The second kappa shape index (κ2) is 5.73. The zero-order valence-electron chi connectivity index (χ0n) is 12.1. The van der Waals surface area contributed by atoms with E-state index in [-0.39, 0.29) is 0 Å². The Hall–Kier alpha value is -1.05. The lowest BCUT2D eigenvalue weighted by Crippen LogP contribution is -2.18. The molecule has 0 saturated heterocycles. The molecule has 0 radical (unpaired) electrons. The number of hydrogen-bond acceptors (Lipinski definition) is 2. The second-order valence-electron chi connectivity index (χ2n) is 5.91. The lowest BCUT2D eigenvalue weighted by Gasteiger charge is -2.32. The van der Waals surface area contributed by atoms with E-state index in [0.29, 0.717) is 5.92 Å². The van der Waals surface area contributed by atoms with Crippen molar-refractivity contribution in [2.75, 3.05) is 7.11 Å². The van der Waals surface area contributed by atoms with Gasteiger partial charge in [0.1, 0.15) is 0 Å². The molecule has 0 N–H and O–H groups in total. The molecule has 2 nitrogen and oxygen atoms in total. The van der Waals surface area contributed by atoms with Crippen molar-refractivity contribution in [2.24, 2.45) is 11.8 Å². The van der Waals surface area contributed by atoms with Gasteiger partial charge in [-0.2, -0.15) is 0 Å². The SMILES string of the molecule is COc1nccc(C)c1C1CCC(C(C)C)CC1. The fourth-order valence-electron chi connectivity index (χ4n) is 3.28. The van der Waals surface area contributed by atoms with E-state index in [1.807, 2.05) is 6.20 Å². The molecule has 0 amide bonds. The molecular weight excluding hydrogens is 222 g/mol. The van der Waals surface area contributed by atoms with Crippen LogP contribution in [0.1, 0.15) is 56.6 Å². The molecule has 1 fully saturated rings. The first-order valence-corrected chi connectivity index (χ1v) is 7.13. The normalized spacial score (nSPS) is 24.3. The summed E-state index contributed by atoms with van der Waals surface area (Å²) in [6, 6.07) is 2.10. The summed E-state index contributed by atoms with van der Waals surface area (Å²) in [5.41, 5.74) is 2.68. The van der Waals surface area contributed by atoms with Crippen LogP contribution in [0.3, 0.4) is 0 Å². The minimum absolute atomic E-state index is 0.642. The fourth-order valence-corrected chi connectivity index (χ4v) is 3.28. The van der Waals surface area contributed by atoms with E-state index < -0.39 is 0 Å². The van der Waals surface area contributed by atoms with Crippen molar-refractivity contribution >= 4 is 0 Å². The summed E-state index contributed by atoms with van der Waals surface area (Å²) in [7, 11) is 1.73. The number of pyridine rings is 1. The van der Waals surface area contributed by atoms with Crippen molar-refractivity contribution in [3.8, 4) is 5.88 Å². The van der Waals surface area contributed by atoms with Gasteiger partial charge in [0.2, 0.25) is 5.88 Å². The van der Waals surface area contributed by atoms with Crippen LogP contribution in [0, 0.1) is 18.8 Å². The maximum atomic E-state index is 5.44. The van der Waals surface area contributed by atoms with Crippen LogP contribution in [0.15, 0.2) is 12.3 Å². The molecule has 1 heterocycles. The van der Waals surface area contributed by atoms with Crippen molar-refractivity contribution in [3.05, 3.63) is 23.4 Å². The molecule has 0 atom stereocenters. The lowest BCUT2D eigenvalue weighted by molar-refractivity contribution is 0.255. The Balaban J connectivity index is 2.14. The standard InChI is InChI=1S/C16H25NO/c1-11(2)13-5-7-14(8-6-13)15-12(3)9-10-17-16(15)18-4/h9-11,13-14H,5-8H2,1-4H3. The van der Waals surface area contributed by atoms with Crippen molar-refractivity contribution in [1.29, 1.82) is 0 Å². The molecule has 1 aliphatic rings. The van der Waals surface area contributed by atoms with Crippen molar-refractivity contribution < 1.29 is 4.74 Å². The first kappa shape index (κ1) is 13.4. The Morgan fingerprint density at radius 3 is 2.44 bits per heavy atom. The van der Waals surface area contributed by atoms with Crippen LogP contribution >= 0.6 is 0 Å². The average molecular weight is 247 g/mol. The Bertz CT molecular complexity index is 392. The number of aryl methyl sites for hydroxylation is 1. The number of rotatable bonds is 3. The zero-order valence-corrected chi connectivity index (χ0v) is 12.1. The van der Waals surface area contributed by atoms with Crippen molar-refractivity contribution in [3.63, 3.8) is 0 Å². The monoisotopic (exact) mass is 247 g/mol. The lowest BCUT2D eigenvalue weighted by atomic mass is 9.74. The highest BCUT2D eigenvalue weighted by molar-refractivity contribution is 5.37. The van der Waals surface area contributed by atoms with Crippen LogP contribution in [0.4, 0.5) is 0 Å². The molecule has 1 saturated carbocycles. The second-order valence-corrected chi connectivity index (χ2v) is 5.91. The van der Waals surface area contributed by atoms with Gasteiger partial charge in [-0.15, -0.1) is 0 Å². The van der Waals surface area contributed by atoms with Gasteiger partial charge in [-0.3, -0.25) is 0 Å². The van der Waals surface area contributed by atoms with Crippen LogP contribution in [-0.4, -0.2) is 12.1 Å². The molecule has 1 aromatic rings. The Morgan fingerprint density at radius 1 is 1.22 bits per heavy atom. The summed E-state index contributed by atoms with van der Waals surface area (Å²) in [5, 5.41) is 0. The molecule has 2 heteroatoms. The molecule has 1 aromatic heterocycles. The van der Waals surface area contributed by atoms with Gasteiger partial charge in [0.15, 0.2) is 0 Å². The third kappa shape index (κ3) is 2.68. The first-order valence-electron chi connectivity index (χ1n) is 7.13. The minimum atomic E-state index is 0.642. The Morgan fingerprint density at radius 2 is 1.89 bits per heavy atom. The van der Waals surface area contributed by atoms with E-state index >= 15 is 0 Å². The number of hydrogen-bond donors (Lipinski definition) is 0. The maximum Gasteiger partial charge on any atom is 0.216 e. The van der Waals surface area contributed by atoms with Gasteiger partial charge in [0, 0.05) is 11.8 Å². The van der Waals surface area contributed by atoms with E-state index in [1.54, 1.807) is 7.11 Å². The van der Waals surface area contributed by atoms with Crippen molar-refractivity contribution in [1.82, 2.24) is 4.98 Å². The molecule has 0 spiro atoms. The third-order valence-corrected chi connectivity index (χ3v) is 4.49. The molecule has 0 bridgehead atoms. The summed E-state index contributed by atoms with van der Waals surface area (Å²) < 4.78 is 5.44. The first-order chi connectivity index (χ1) is 8.63. The Labute approximate surface area is 111 Å². The van der Waals surface area contributed by atoms with Crippen LogP contribution in [-0.2, 0) is 0 Å². The fraction of sp³-hybridized carbons (Fsp3) is 0.688. The zero-order chi connectivity index (χ0) is 13.1. The van der Waals surface area contributed by atoms with Gasteiger partial charge in [0.05, 0.1) is 7.11 Å². The van der Waals surface area contributed by atoms with E-state index in [0.717, 1.165) is 17.7 Å². The van der Waals surface area contributed by atoms with Crippen LogP contribution < -0.4 is 4.74 Å². The molecule has 0 aromatic carbocycles. The number of nitrogens with zero attached hydrogens (tertiary/aromatic N) is 1. The highest BCUT2D eigenvalue weighted by Crippen LogP contribution is 2.42. The third-order valence-electron chi connectivity index (χ3n) is 4.49. The van der Waals surface area contributed by atoms with Gasteiger partial charge in [0.25, 0.3) is 0 Å². The molecule has 18 heavy (non-hydrogen) atoms. The van der Waals surface area contributed by atoms with E-state index in [2.05, 4.69) is 31.8 Å². The van der Waals surface area contributed by atoms with Gasteiger partial charge in [-0.25, -0.2) is 4.98 Å². The summed E-state index contributed by atoms with van der Waals surface area (Å²) >= 11 is 0. The predicted molar refractivity (Wildman–Crippen MR) is 75.1 cm³/mol. The summed E-state index contributed by atoms with van der Waals surface area (Å²) in [4.78, 5) is 4.37. The van der Waals surface area contributed by atoms with Crippen LogP contribution in [0.2, 0.25) is 0 Å². The summed E-state index contributed by atoms with van der Waals surface area (Å²) in [6.07, 6.45) is 7.11. The summed E-state index contributed by atoms with van der Waals surface area (Å²) in [6.45, 7) is 6.87. The minimum Gasteiger partial charge on any atom is -0.481 e. The number of aromatic nitrogens is 1. The smallest absolute Gasteiger partial charge is 0.216 e. The highest BCUT2D eigenvalue weighted by Gasteiger charge is 2.27. The molecule has 0 aliphatic heterocycles. The van der Waals surface area contributed by atoms with Gasteiger partial charge < -0.3 is 4.74 Å². The van der Waals surface area contributed by atoms with Crippen molar-refractivity contribution in [2.45, 2.75) is 52.4 Å². The van der Waals surface area contributed by atoms with Gasteiger partial charge in [-0.05, 0) is 62.0 Å². The van der Waals surface area contributed by atoms with Gasteiger partial charge >= 0.3 is 0 Å². The van der Waals surface area contributed by atoms with E-state index in [9.17, 15) is 0 Å². The molecule has 0 unspecified atom stereocenters. The van der Waals surface area contributed by atoms with Crippen LogP contribution in [0.25, 0.3) is 0 Å². The Kier molecular flexibility index (Phi) is 4.26. The molecular formula is C16H25NO. The van der Waals surface area contributed by atoms with E-state index in [1.165, 1.54) is 36.8 Å². The number of ether oxygens (including phenoxy) is 1. The maximum absolute atomic E-state index is 5.44. The van der Waals surface area contributed by atoms with Gasteiger partial charge in [-0.1, -0.05) is 13.8 Å². The molecule has 100 valence electrons. The van der Waals surface area contributed by atoms with E-state index in [4.69, 9.17) is 4.74 Å². The molecule has 1 aliphatic carbocycles. The number of methoxy groups -OCH3 is 1.